The number of aliphatic hydroxyl groups is 2. The molecule has 0 aromatic heterocycles. The Bertz CT molecular complexity index is 2770. The van der Waals surface area contributed by atoms with Crippen molar-refractivity contribution in [1.82, 2.24) is 0 Å². The van der Waals surface area contributed by atoms with Gasteiger partial charge >= 0.3 is 33.6 Å². The summed E-state index contributed by atoms with van der Waals surface area (Å²) in [5.74, 6) is -1.61. The molecule has 5 atom stereocenters. The highest BCUT2D eigenvalue weighted by molar-refractivity contribution is 7.47. The van der Waals surface area contributed by atoms with Gasteiger partial charge in [-0.3, -0.25) is 32.5 Å². The van der Waals surface area contributed by atoms with Gasteiger partial charge in [0.05, 0.1) is 26.4 Å². The number of hydrogen-bond donors (Lipinski definition) is 4. The topological polar surface area (TPSA) is 231 Å². The maximum absolute atomic E-state index is 13.0. The Balaban J connectivity index is 4.58. The molecule has 0 spiro atoms. The highest BCUT2D eigenvalue weighted by Gasteiger charge is 2.29. The lowest BCUT2D eigenvalue weighted by Crippen LogP contribution is -2.30. The molecule has 0 rings (SSSR count). The molecule has 0 heterocycles. The van der Waals surface area contributed by atoms with Gasteiger partial charge in [-0.1, -0.05) is 364 Å². The minimum atomic E-state index is -4.95. The Morgan fingerprint density at radius 1 is 0.252 bits per heavy atom. The fourth-order valence-electron chi connectivity index (χ4n) is 12.1. The van der Waals surface area contributed by atoms with Crippen molar-refractivity contribution in [2.24, 2.45) is 0 Å². The summed E-state index contributed by atoms with van der Waals surface area (Å²) in [5.41, 5.74) is 0. The molecule has 0 aromatic rings. The van der Waals surface area contributed by atoms with Crippen LogP contribution in [-0.4, -0.2) is 95.9 Å². The van der Waals surface area contributed by atoms with Gasteiger partial charge in [-0.2, -0.15) is 0 Å². The average Bonchev–Trinajstić information content (AvgIpc) is 0.894. The summed E-state index contributed by atoms with van der Waals surface area (Å²) < 4.78 is 61.4. The number of rotatable bonds is 85. The molecule has 0 saturated carbocycles. The second kappa shape index (κ2) is 88.2. The van der Waals surface area contributed by atoms with Crippen LogP contribution in [-0.2, 0) is 55.8 Å². The predicted octanol–water partition coefficient (Wildman–Crippen LogP) is 27.9. The number of unbranched alkanes of at least 4 members (excludes halogenated alkanes) is 34. The largest absolute Gasteiger partial charge is 0.472 e. The summed E-state index contributed by atoms with van der Waals surface area (Å²) in [6.07, 6.45) is 114. The van der Waals surface area contributed by atoms with Crippen LogP contribution >= 0.6 is 15.6 Å². The van der Waals surface area contributed by atoms with Crippen molar-refractivity contribution < 1.29 is 75.8 Å². The van der Waals surface area contributed by atoms with Crippen molar-refractivity contribution >= 4 is 33.6 Å². The third-order valence-electron chi connectivity index (χ3n) is 18.9. The smallest absolute Gasteiger partial charge is 0.463 e. The van der Waals surface area contributed by atoms with E-state index < -0.39 is 91.5 Å². The van der Waals surface area contributed by atoms with E-state index in [0.717, 1.165) is 154 Å². The normalized spacial score (nSPS) is 14.6. The third-order valence-corrected chi connectivity index (χ3v) is 20.8. The lowest BCUT2D eigenvalue weighted by molar-refractivity contribution is -0.161. The van der Waals surface area contributed by atoms with Gasteiger partial charge < -0.3 is 34.2 Å². The van der Waals surface area contributed by atoms with Gasteiger partial charge in [0.15, 0.2) is 6.10 Å². The molecule has 0 saturated heterocycles. The van der Waals surface area contributed by atoms with Crippen LogP contribution < -0.4 is 0 Å². The first kappa shape index (κ1) is 110. The van der Waals surface area contributed by atoms with E-state index in [1.807, 2.05) is 0 Å². The summed E-state index contributed by atoms with van der Waals surface area (Å²) in [6.45, 7) is 2.42. The lowest BCUT2D eigenvalue weighted by atomic mass is 10.0. The zero-order valence-corrected chi connectivity index (χ0v) is 74.2. The van der Waals surface area contributed by atoms with Crippen LogP contribution in [0.1, 0.15) is 367 Å². The van der Waals surface area contributed by atoms with Crippen LogP contribution in [0.15, 0.2) is 170 Å². The predicted molar refractivity (Wildman–Crippen MR) is 482 cm³/mol. The second-order valence-corrected chi connectivity index (χ2v) is 32.9. The summed E-state index contributed by atoms with van der Waals surface area (Å²) in [4.78, 5) is 58.9. The fourth-order valence-corrected chi connectivity index (χ4v) is 13.7. The van der Waals surface area contributed by atoms with E-state index in [0.29, 0.717) is 19.3 Å². The molecule has 16 nitrogen and oxygen atoms in total. The Kier molecular flexibility index (Phi) is 84.3. The molecule has 0 aromatic carbocycles. The molecule has 115 heavy (non-hydrogen) atoms. The second-order valence-electron chi connectivity index (χ2n) is 30.0. The summed E-state index contributed by atoms with van der Waals surface area (Å²) >= 11 is 0. The molecule has 4 N–H and O–H groups in total. The number of hydrogen-bond acceptors (Lipinski definition) is 14. The number of ether oxygens (including phenoxy) is 3. The zero-order chi connectivity index (χ0) is 83.6. The van der Waals surface area contributed by atoms with Crippen LogP contribution in [0.2, 0.25) is 0 Å². The first-order valence-corrected chi connectivity index (χ1v) is 48.4. The first-order valence-electron chi connectivity index (χ1n) is 45.4. The summed E-state index contributed by atoms with van der Waals surface area (Å²) in [7, 11) is -9.82. The number of aliphatic hydroxyl groups excluding tert-OH is 2. The van der Waals surface area contributed by atoms with Gasteiger partial charge in [0.2, 0.25) is 0 Å². The van der Waals surface area contributed by atoms with Gasteiger partial charge in [0.1, 0.15) is 25.4 Å². The number of phosphoric ester groups is 2. The van der Waals surface area contributed by atoms with Crippen LogP contribution in [0.4, 0.5) is 0 Å². The molecule has 0 radical (unpaired) electrons. The van der Waals surface area contributed by atoms with Gasteiger partial charge in [-0.05, 0) is 154 Å². The molecular formula is C97H164O16P2. The van der Waals surface area contributed by atoms with Crippen LogP contribution in [0, 0.1) is 0 Å². The first-order chi connectivity index (χ1) is 56.2. The van der Waals surface area contributed by atoms with Crippen molar-refractivity contribution in [2.75, 3.05) is 39.6 Å². The van der Waals surface area contributed by atoms with Crippen LogP contribution in [0.5, 0.6) is 0 Å². The third kappa shape index (κ3) is 89.5. The highest BCUT2D eigenvalue weighted by Crippen LogP contribution is 2.45. The van der Waals surface area contributed by atoms with Crippen LogP contribution in [0.3, 0.4) is 0 Å². The van der Waals surface area contributed by atoms with Crippen LogP contribution in [0.25, 0.3) is 0 Å². The standard InChI is InChI=1S/C97H164O16P2/c1-4-7-10-13-16-19-22-25-28-31-34-36-38-40-42-44-45-47-49-50-52-54-57-59-62-65-68-71-74-77-80-83-95(100)107-86-92(98)87-109-114(103,104)110-88-93(99)89-111-115(105,106)112-91-94(113-97(102)85-82-79-76-73-70-67-64-61-56-33-30-27-24-21-18-15-12-9-6-3)90-108-96(101)84-81-78-75-72-69-66-63-60-58-55-53-51-48-46-43-41-39-37-35-32-29-26-23-20-17-14-11-8-5-2/h8-9,11-12,16-21,25-30,34-37,40-43,56,61,67,70,92-94,98-99H,4-7,10,13-15,22-24,31-33,38-39,44-55,57-60,62-66,68-69,71-91H2,1-3H3,(H,103,104)(H,105,106)/b11-8-,12-9-,19-16-,20-17-,21-18-,28-25-,29-26-,30-27-,36-34-,37-35-,42-40-,43-41-,61-56-,70-67-. The van der Waals surface area contributed by atoms with Crippen molar-refractivity contribution in [3.05, 3.63) is 170 Å². The van der Waals surface area contributed by atoms with E-state index in [4.69, 9.17) is 32.3 Å². The minimum Gasteiger partial charge on any atom is -0.463 e. The van der Waals surface area contributed by atoms with Crippen molar-refractivity contribution in [3.8, 4) is 0 Å². The number of carbonyl (C=O) groups excluding carboxylic acids is 3. The van der Waals surface area contributed by atoms with Gasteiger partial charge in [-0.25, -0.2) is 9.13 Å². The van der Waals surface area contributed by atoms with Crippen molar-refractivity contribution in [1.29, 1.82) is 0 Å². The van der Waals surface area contributed by atoms with Crippen molar-refractivity contribution in [3.63, 3.8) is 0 Å². The monoisotopic (exact) mass is 1650 g/mol. The van der Waals surface area contributed by atoms with E-state index >= 15 is 0 Å². The van der Waals surface area contributed by atoms with Gasteiger partial charge in [0, 0.05) is 19.3 Å². The summed E-state index contributed by atoms with van der Waals surface area (Å²) in [6, 6.07) is 0. The van der Waals surface area contributed by atoms with Gasteiger partial charge in [-0.15, -0.1) is 0 Å². The molecule has 0 aliphatic heterocycles. The Morgan fingerprint density at radius 3 is 0.739 bits per heavy atom. The van der Waals surface area contributed by atoms with E-state index in [2.05, 4.69) is 191 Å². The molecule has 5 unspecified atom stereocenters. The maximum Gasteiger partial charge on any atom is 0.472 e. The highest BCUT2D eigenvalue weighted by atomic mass is 31.2. The summed E-state index contributed by atoms with van der Waals surface area (Å²) in [5, 5.41) is 20.7. The zero-order valence-electron chi connectivity index (χ0n) is 72.4. The quantitative estimate of drug-likeness (QED) is 0.0146. The Labute approximate surface area is 701 Å². The Hall–Kier alpha value is -5.09. The molecule has 658 valence electrons. The number of carbonyl (C=O) groups is 3. The molecule has 0 aliphatic carbocycles. The SMILES string of the molecule is CC/C=C\C/C=C\C/C=C\C/C=C\C/C=C\CCCCCCCCCCCCCCCC(=O)OCC(COP(=O)(O)OCC(O)COP(=O)(O)OCC(O)COC(=O)CCCCCCCCCCCCCCCCC/C=C\C/C=C\C/C=C\C/C=C\CCCCC)OC(=O)CCCCC/C=C\C/C=C\C/C=C\C/C=C\C/C=C\CC. The Morgan fingerprint density at radius 2 is 0.461 bits per heavy atom. The molecule has 0 aliphatic rings. The fraction of sp³-hybridized carbons (Fsp3) is 0.680. The molecule has 0 bridgehead atoms. The van der Waals surface area contributed by atoms with E-state index in [-0.39, 0.29) is 19.3 Å². The average molecular weight is 1650 g/mol. The number of allylic oxidation sites excluding steroid dienone is 28. The van der Waals surface area contributed by atoms with E-state index in [9.17, 15) is 43.5 Å². The molecule has 0 amide bonds. The molecular weight excluding hydrogens is 1480 g/mol. The van der Waals surface area contributed by atoms with E-state index in [1.54, 1.807) is 0 Å². The number of phosphoric acid groups is 2. The number of esters is 3. The van der Waals surface area contributed by atoms with E-state index in [1.165, 1.54) is 154 Å². The van der Waals surface area contributed by atoms with Crippen molar-refractivity contribution in [2.45, 2.75) is 386 Å². The maximum atomic E-state index is 13.0. The molecule has 0 fully saturated rings. The van der Waals surface area contributed by atoms with Gasteiger partial charge in [0.25, 0.3) is 0 Å². The lowest BCUT2D eigenvalue weighted by Gasteiger charge is -2.21. The minimum absolute atomic E-state index is 0.0609. The molecule has 18 heteroatoms.